The van der Waals surface area contributed by atoms with Crippen molar-refractivity contribution in [3.63, 3.8) is 0 Å². The highest BCUT2D eigenvalue weighted by atomic mass is 35.5. The van der Waals surface area contributed by atoms with E-state index in [-0.39, 0.29) is 5.41 Å². The van der Waals surface area contributed by atoms with E-state index in [1.807, 2.05) is 6.07 Å². The van der Waals surface area contributed by atoms with Gasteiger partial charge in [-0.2, -0.15) is 0 Å². The van der Waals surface area contributed by atoms with Crippen molar-refractivity contribution in [2.45, 2.75) is 18.3 Å². The molecule has 0 saturated heterocycles. The lowest BCUT2D eigenvalue weighted by Gasteiger charge is -2.12. The zero-order valence-corrected chi connectivity index (χ0v) is 8.53. The van der Waals surface area contributed by atoms with Gasteiger partial charge < -0.3 is 5.73 Å². The predicted molar refractivity (Wildman–Crippen MR) is 56.9 cm³/mol. The summed E-state index contributed by atoms with van der Waals surface area (Å²) in [5.41, 5.74) is 6.68. The van der Waals surface area contributed by atoms with Crippen LogP contribution in [0.5, 0.6) is 0 Å². The van der Waals surface area contributed by atoms with Crippen LogP contribution < -0.4 is 5.73 Å². The Morgan fingerprint density at radius 1 is 1.54 bits per heavy atom. The normalized spacial score (nSPS) is 18.2. The number of nitrogens with two attached hydrogens (primary N) is 1. The average molecular weight is 213 g/mol. The van der Waals surface area contributed by atoms with Crippen molar-refractivity contribution >= 4 is 28.8 Å². The van der Waals surface area contributed by atoms with Crippen molar-refractivity contribution in [3.05, 3.63) is 29.0 Å². The summed E-state index contributed by atoms with van der Waals surface area (Å²) in [7, 11) is 0. The molecule has 0 amide bonds. The minimum Gasteiger partial charge on any atom is -0.393 e. The summed E-state index contributed by atoms with van der Waals surface area (Å²) in [5, 5.41) is 0.502. The first-order valence-corrected chi connectivity index (χ1v) is 4.86. The van der Waals surface area contributed by atoms with Crippen molar-refractivity contribution in [3.8, 4) is 0 Å². The molecule has 0 bridgehead atoms. The Kier molecular flexibility index (Phi) is 2.00. The van der Waals surface area contributed by atoms with Gasteiger partial charge in [0.15, 0.2) is 0 Å². The van der Waals surface area contributed by atoms with E-state index >= 15 is 0 Å². The Morgan fingerprint density at radius 2 is 2.23 bits per heavy atom. The number of pyridine rings is 1. The molecule has 1 saturated carbocycles. The third-order valence-electron chi connectivity index (χ3n) is 2.50. The van der Waals surface area contributed by atoms with E-state index in [2.05, 4.69) is 4.98 Å². The van der Waals surface area contributed by atoms with Gasteiger partial charge in [0, 0.05) is 11.6 Å². The topological polar surface area (TPSA) is 38.9 Å². The van der Waals surface area contributed by atoms with Crippen molar-refractivity contribution in [1.29, 1.82) is 0 Å². The Hall–Kier alpha value is -0.670. The van der Waals surface area contributed by atoms with E-state index in [1.165, 1.54) is 0 Å². The summed E-state index contributed by atoms with van der Waals surface area (Å²) in [4.78, 5) is 4.58. The third-order valence-corrected chi connectivity index (χ3v) is 3.12. The maximum atomic E-state index is 5.69. The fraction of sp³-hybridized carbons (Fsp3) is 0.333. The van der Waals surface area contributed by atoms with E-state index in [4.69, 9.17) is 29.6 Å². The molecular weight excluding hydrogens is 204 g/mol. The molecule has 0 aromatic carbocycles. The lowest BCUT2D eigenvalue weighted by atomic mass is 9.98. The van der Waals surface area contributed by atoms with Crippen molar-refractivity contribution in [2.24, 2.45) is 5.73 Å². The van der Waals surface area contributed by atoms with E-state index in [1.54, 1.807) is 12.3 Å². The molecule has 2 nitrogen and oxygen atoms in total. The van der Waals surface area contributed by atoms with Gasteiger partial charge in [-0.15, -0.1) is 0 Å². The number of rotatable bonds is 2. The van der Waals surface area contributed by atoms with Crippen LogP contribution in [0, 0.1) is 0 Å². The minimum absolute atomic E-state index is 0.0765. The molecule has 1 aromatic heterocycles. The summed E-state index contributed by atoms with van der Waals surface area (Å²) in [6.45, 7) is 0. The van der Waals surface area contributed by atoms with Crippen LogP contribution in [-0.2, 0) is 5.41 Å². The van der Waals surface area contributed by atoms with E-state index in [9.17, 15) is 0 Å². The largest absolute Gasteiger partial charge is 0.393 e. The smallest absolute Gasteiger partial charge is 0.129 e. The molecular formula is C9H9ClN2S. The maximum absolute atomic E-state index is 5.69. The summed E-state index contributed by atoms with van der Waals surface area (Å²) in [5.74, 6) is 0. The van der Waals surface area contributed by atoms with Crippen LogP contribution in [0.3, 0.4) is 0 Å². The van der Waals surface area contributed by atoms with Gasteiger partial charge in [-0.25, -0.2) is 4.98 Å². The Bertz CT molecular complexity index is 343. The second kappa shape index (κ2) is 2.93. The van der Waals surface area contributed by atoms with Crippen LogP contribution in [0.1, 0.15) is 18.4 Å². The molecule has 1 aliphatic carbocycles. The Balaban J connectivity index is 2.36. The molecule has 4 heteroatoms. The van der Waals surface area contributed by atoms with Crippen molar-refractivity contribution in [2.75, 3.05) is 0 Å². The molecule has 13 heavy (non-hydrogen) atoms. The highest BCUT2D eigenvalue weighted by molar-refractivity contribution is 7.80. The summed E-state index contributed by atoms with van der Waals surface area (Å²) in [6, 6.07) is 3.72. The fourth-order valence-corrected chi connectivity index (χ4v) is 1.89. The molecule has 1 heterocycles. The molecule has 1 fully saturated rings. The second-order valence-corrected chi connectivity index (χ2v) is 4.14. The molecule has 0 aliphatic heterocycles. The van der Waals surface area contributed by atoms with Gasteiger partial charge in [-0.05, 0) is 24.5 Å². The Labute approximate surface area is 87.1 Å². The average Bonchev–Trinajstić information content (AvgIpc) is 2.86. The SMILES string of the molecule is NC(=S)C1(c2ccc(Cl)nc2)CC1. The summed E-state index contributed by atoms with van der Waals surface area (Å²) < 4.78 is 0. The number of aromatic nitrogens is 1. The summed E-state index contributed by atoms with van der Waals surface area (Å²) in [6.07, 6.45) is 3.83. The fourth-order valence-electron chi connectivity index (χ4n) is 1.46. The molecule has 0 radical (unpaired) electrons. The first-order valence-electron chi connectivity index (χ1n) is 4.07. The van der Waals surface area contributed by atoms with Gasteiger partial charge in [0.25, 0.3) is 0 Å². The zero-order chi connectivity index (χ0) is 9.47. The number of hydrogen-bond acceptors (Lipinski definition) is 2. The molecule has 1 aromatic rings. The first-order chi connectivity index (χ1) is 6.15. The van der Waals surface area contributed by atoms with Crippen LogP contribution in [-0.4, -0.2) is 9.97 Å². The van der Waals surface area contributed by atoms with Gasteiger partial charge in [0.1, 0.15) is 5.15 Å². The van der Waals surface area contributed by atoms with Crippen LogP contribution in [0.25, 0.3) is 0 Å². The predicted octanol–water partition coefficient (Wildman–Crippen LogP) is 2.05. The molecule has 0 atom stereocenters. The van der Waals surface area contributed by atoms with Gasteiger partial charge in [-0.3, -0.25) is 0 Å². The molecule has 68 valence electrons. The van der Waals surface area contributed by atoms with Crippen LogP contribution >= 0.6 is 23.8 Å². The number of halogens is 1. The first kappa shape index (κ1) is 8.91. The van der Waals surface area contributed by atoms with Gasteiger partial charge in [-0.1, -0.05) is 29.9 Å². The molecule has 0 spiro atoms. The number of nitrogens with zero attached hydrogens (tertiary/aromatic N) is 1. The third kappa shape index (κ3) is 1.42. The molecule has 0 unspecified atom stereocenters. The van der Waals surface area contributed by atoms with Crippen LogP contribution in [0.15, 0.2) is 18.3 Å². The number of hydrogen-bond donors (Lipinski definition) is 1. The zero-order valence-electron chi connectivity index (χ0n) is 6.96. The lowest BCUT2D eigenvalue weighted by molar-refractivity contribution is 0.940. The highest BCUT2D eigenvalue weighted by Gasteiger charge is 2.47. The van der Waals surface area contributed by atoms with E-state index in [0.717, 1.165) is 18.4 Å². The molecule has 2 N–H and O–H groups in total. The Morgan fingerprint density at radius 3 is 2.62 bits per heavy atom. The monoisotopic (exact) mass is 212 g/mol. The standard InChI is InChI=1S/C9H9ClN2S/c10-7-2-1-6(5-12-7)9(3-4-9)8(11)13/h1-2,5H,3-4H2,(H2,11,13). The highest BCUT2D eigenvalue weighted by Crippen LogP contribution is 2.48. The minimum atomic E-state index is -0.0765. The van der Waals surface area contributed by atoms with Gasteiger partial charge >= 0.3 is 0 Å². The van der Waals surface area contributed by atoms with Gasteiger partial charge in [0.2, 0.25) is 0 Å². The molecule has 1 aliphatic rings. The maximum Gasteiger partial charge on any atom is 0.129 e. The van der Waals surface area contributed by atoms with Crippen molar-refractivity contribution < 1.29 is 0 Å². The summed E-state index contributed by atoms with van der Waals surface area (Å²) >= 11 is 10.7. The van der Waals surface area contributed by atoms with Crippen molar-refractivity contribution in [1.82, 2.24) is 4.98 Å². The lowest BCUT2D eigenvalue weighted by Crippen LogP contribution is -2.26. The van der Waals surface area contributed by atoms with Crippen LogP contribution in [0.4, 0.5) is 0 Å². The molecule has 2 rings (SSSR count). The second-order valence-electron chi connectivity index (χ2n) is 3.32. The van der Waals surface area contributed by atoms with E-state index in [0.29, 0.717) is 10.1 Å². The van der Waals surface area contributed by atoms with E-state index < -0.39 is 0 Å². The van der Waals surface area contributed by atoms with Gasteiger partial charge in [0.05, 0.1) is 4.99 Å². The van der Waals surface area contributed by atoms with Crippen LogP contribution in [0.2, 0.25) is 5.15 Å². The number of thiocarbonyl (C=S) groups is 1. The quantitative estimate of drug-likeness (QED) is 0.603.